The molecular weight excluding hydrogens is 388 g/mol. The summed E-state index contributed by atoms with van der Waals surface area (Å²) in [6.07, 6.45) is -2.24. The average Bonchev–Trinajstić information content (AvgIpc) is 2.67. The lowest BCUT2D eigenvalue weighted by Crippen LogP contribution is -2.79. The summed E-state index contributed by atoms with van der Waals surface area (Å²) in [5, 5.41) is 34.8. The van der Waals surface area contributed by atoms with Gasteiger partial charge in [0.25, 0.3) is 0 Å². The van der Waals surface area contributed by atoms with E-state index in [1.165, 1.54) is 7.11 Å². The number of Topliss-reactive ketones (excluding diaryl/α,β-unsaturated/α-hetero) is 1. The first-order chi connectivity index (χ1) is 13.8. The first-order valence-electron chi connectivity index (χ1n) is 10.9. The fourth-order valence-electron chi connectivity index (χ4n) is 7.51. The van der Waals surface area contributed by atoms with E-state index in [4.69, 9.17) is 14.2 Å². The van der Waals surface area contributed by atoms with E-state index < -0.39 is 58.3 Å². The lowest BCUT2D eigenvalue weighted by Gasteiger charge is -2.67. The summed E-state index contributed by atoms with van der Waals surface area (Å²) in [6.45, 7) is 9.47. The van der Waals surface area contributed by atoms with Gasteiger partial charge in [0.15, 0.2) is 5.78 Å². The van der Waals surface area contributed by atoms with Crippen LogP contribution in [0.1, 0.15) is 47.5 Å². The largest absolute Gasteiger partial charge is 0.389 e. The van der Waals surface area contributed by atoms with Crippen molar-refractivity contribution in [2.75, 3.05) is 20.8 Å². The van der Waals surface area contributed by atoms with E-state index >= 15 is 0 Å². The number of ether oxygens (including phenoxy) is 3. The van der Waals surface area contributed by atoms with Crippen LogP contribution in [0.4, 0.5) is 0 Å². The van der Waals surface area contributed by atoms with Gasteiger partial charge >= 0.3 is 0 Å². The Kier molecular flexibility index (Phi) is 4.91. The highest BCUT2D eigenvalue weighted by Crippen LogP contribution is 2.64. The van der Waals surface area contributed by atoms with E-state index in [2.05, 4.69) is 0 Å². The molecule has 8 unspecified atom stereocenters. The Balaban J connectivity index is 2.04. The number of fused-ring (bicyclic) bond motifs is 5. The van der Waals surface area contributed by atoms with Crippen LogP contribution in [0.2, 0.25) is 0 Å². The average molecular weight is 425 g/mol. The van der Waals surface area contributed by atoms with Gasteiger partial charge in [-0.05, 0) is 30.9 Å². The van der Waals surface area contributed by atoms with Gasteiger partial charge in [-0.2, -0.15) is 0 Å². The molecule has 2 saturated carbocycles. The summed E-state index contributed by atoms with van der Waals surface area (Å²) in [5.41, 5.74) is -3.24. The molecule has 0 spiro atoms. The smallest absolute Gasteiger partial charge is 0.174 e. The van der Waals surface area contributed by atoms with Gasteiger partial charge in [0, 0.05) is 38.4 Å². The van der Waals surface area contributed by atoms with Gasteiger partial charge in [0.1, 0.15) is 11.7 Å². The number of ketones is 1. The molecule has 170 valence electrons. The Morgan fingerprint density at radius 3 is 2.27 bits per heavy atom. The zero-order valence-corrected chi connectivity index (χ0v) is 19.1. The van der Waals surface area contributed by atoms with Crippen molar-refractivity contribution in [2.24, 2.45) is 22.7 Å². The van der Waals surface area contributed by atoms with Crippen LogP contribution in [0.15, 0.2) is 11.1 Å². The summed E-state index contributed by atoms with van der Waals surface area (Å²) >= 11 is 0. The molecule has 0 radical (unpaired) electrons. The second-order valence-electron chi connectivity index (χ2n) is 10.6. The van der Waals surface area contributed by atoms with Gasteiger partial charge in [-0.3, -0.25) is 4.79 Å². The van der Waals surface area contributed by atoms with Crippen LogP contribution in [0, 0.1) is 22.7 Å². The third kappa shape index (κ3) is 2.34. The molecule has 4 rings (SSSR count). The third-order valence-electron chi connectivity index (χ3n) is 9.34. The summed E-state index contributed by atoms with van der Waals surface area (Å²) in [4.78, 5) is 14.2. The molecule has 3 aliphatic carbocycles. The Morgan fingerprint density at radius 1 is 1.13 bits per heavy atom. The summed E-state index contributed by atoms with van der Waals surface area (Å²) < 4.78 is 17.3. The second kappa shape index (κ2) is 6.59. The molecule has 0 aromatic rings. The van der Waals surface area contributed by atoms with Crippen molar-refractivity contribution in [3.05, 3.63) is 11.1 Å². The fraction of sp³-hybridized carbons (Fsp3) is 0.870. The van der Waals surface area contributed by atoms with Gasteiger partial charge in [0.2, 0.25) is 0 Å². The minimum atomic E-state index is -1.36. The normalized spacial score (nSPS) is 52.7. The van der Waals surface area contributed by atoms with E-state index in [1.54, 1.807) is 7.11 Å². The predicted molar refractivity (Wildman–Crippen MR) is 109 cm³/mol. The van der Waals surface area contributed by atoms with Crippen LogP contribution < -0.4 is 0 Å². The maximum Gasteiger partial charge on any atom is 0.174 e. The summed E-state index contributed by atoms with van der Waals surface area (Å²) in [7, 11) is 3.05. The molecule has 0 amide bonds. The maximum absolute atomic E-state index is 14.2. The van der Waals surface area contributed by atoms with Crippen molar-refractivity contribution in [1.29, 1.82) is 0 Å². The van der Waals surface area contributed by atoms with E-state index in [0.29, 0.717) is 17.6 Å². The van der Waals surface area contributed by atoms with Gasteiger partial charge < -0.3 is 29.5 Å². The molecule has 3 fully saturated rings. The molecule has 1 aliphatic heterocycles. The first-order valence-corrected chi connectivity index (χ1v) is 10.9. The van der Waals surface area contributed by atoms with Gasteiger partial charge in [-0.15, -0.1) is 0 Å². The zero-order valence-electron chi connectivity index (χ0n) is 19.1. The Hall–Kier alpha value is -0.830. The Labute approximate surface area is 178 Å². The van der Waals surface area contributed by atoms with Crippen LogP contribution in [-0.2, 0) is 19.0 Å². The van der Waals surface area contributed by atoms with E-state index in [1.807, 2.05) is 34.6 Å². The molecule has 3 N–H and O–H groups in total. The summed E-state index contributed by atoms with van der Waals surface area (Å²) in [6, 6.07) is 0. The summed E-state index contributed by atoms with van der Waals surface area (Å²) in [5.74, 6) is -1.30. The maximum atomic E-state index is 14.2. The SMILES string of the molecule is COC1C(=O)[C@]2(C)C(OC)CC3OCC3(O)C2C(C)C2(O)CC(O)C(C)=C1C2(C)C. The molecule has 0 aromatic heterocycles. The Bertz CT molecular complexity index is 790. The first kappa shape index (κ1) is 22.4. The quantitative estimate of drug-likeness (QED) is 0.573. The molecule has 7 nitrogen and oxygen atoms in total. The zero-order chi connectivity index (χ0) is 22.4. The van der Waals surface area contributed by atoms with Gasteiger partial charge in [0.05, 0.1) is 35.9 Å². The monoisotopic (exact) mass is 424 g/mol. The van der Waals surface area contributed by atoms with Crippen LogP contribution in [0.3, 0.4) is 0 Å². The highest BCUT2D eigenvalue weighted by molar-refractivity contribution is 5.93. The number of hydrogen-bond acceptors (Lipinski definition) is 7. The molecule has 0 aromatic carbocycles. The Morgan fingerprint density at radius 2 is 1.77 bits per heavy atom. The van der Waals surface area contributed by atoms with Crippen molar-refractivity contribution < 1.29 is 34.3 Å². The van der Waals surface area contributed by atoms with Crippen LogP contribution in [0.25, 0.3) is 0 Å². The minimum Gasteiger partial charge on any atom is -0.389 e. The molecule has 4 aliphatic rings. The van der Waals surface area contributed by atoms with Crippen LogP contribution >= 0.6 is 0 Å². The van der Waals surface area contributed by atoms with Crippen molar-refractivity contribution in [3.8, 4) is 0 Å². The van der Waals surface area contributed by atoms with E-state index in [9.17, 15) is 20.1 Å². The second-order valence-corrected chi connectivity index (χ2v) is 10.6. The van der Waals surface area contributed by atoms with Crippen molar-refractivity contribution in [2.45, 2.75) is 83.1 Å². The fourth-order valence-corrected chi connectivity index (χ4v) is 7.51. The molecule has 9 atom stereocenters. The van der Waals surface area contributed by atoms with Crippen molar-refractivity contribution >= 4 is 5.78 Å². The molecule has 30 heavy (non-hydrogen) atoms. The number of carbonyl (C=O) groups excluding carboxylic acids is 1. The topological polar surface area (TPSA) is 105 Å². The van der Waals surface area contributed by atoms with E-state index in [-0.39, 0.29) is 18.8 Å². The standard InChI is InChI=1S/C23H36O7/c1-11-13(24)9-23(27)12(2)18-21(5,14(28-6)8-15-22(18,26)10-30-15)19(25)17(29-7)16(11)20(23,3)4/h12-15,17-18,24,26-27H,8-10H2,1-7H3/t12?,13?,14?,15?,17?,18?,21-,22?,23?/m1/s1. The number of methoxy groups -OCH3 is 2. The molecule has 7 heteroatoms. The van der Waals surface area contributed by atoms with Crippen LogP contribution in [-0.4, -0.2) is 77.5 Å². The highest BCUT2D eigenvalue weighted by atomic mass is 16.6. The van der Waals surface area contributed by atoms with Crippen molar-refractivity contribution in [1.82, 2.24) is 0 Å². The van der Waals surface area contributed by atoms with Crippen LogP contribution in [0.5, 0.6) is 0 Å². The number of carbonyl (C=O) groups is 1. The lowest BCUT2D eigenvalue weighted by atomic mass is 9.42. The highest BCUT2D eigenvalue weighted by Gasteiger charge is 2.74. The number of rotatable bonds is 2. The number of aliphatic hydroxyl groups is 3. The lowest BCUT2D eigenvalue weighted by molar-refractivity contribution is -0.337. The molecule has 2 bridgehead atoms. The van der Waals surface area contributed by atoms with E-state index in [0.717, 1.165) is 0 Å². The molecule has 1 saturated heterocycles. The van der Waals surface area contributed by atoms with Crippen molar-refractivity contribution in [3.63, 3.8) is 0 Å². The molecular formula is C23H36O7. The van der Waals surface area contributed by atoms with Gasteiger partial charge in [-0.1, -0.05) is 20.8 Å². The predicted octanol–water partition coefficient (Wildman–Crippen LogP) is 1.23. The van der Waals surface area contributed by atoms with Gasteiger partial charge in [-0.25, -0.2) is 0 Å². The molecule has 1 heterocycles. The number of aliphatic hydroxyl groups excluding tert-OH is 1. The minimum absolute atomic E-state index is 0.115. The number of hydrogen-bond donors (Lipinski definition) is 3. The third-order valence-corrected chi connectivity index (χ3v) is 9.34.